The number of benzene rings is 2. The lowest BCUT2D eigenvalue weighted by atomic mass is 9.89. The molecule has 0 radical (unpaired) electrons. The number of likely N-dealkylation sites (tertiary alicyclic amines) is 1. The average molecular weight is 379 g/mol. The van der Waals surface area contributed by atoms with Gasteiger partial charge in [0.25, 0.3) is 0 Å². The highest BCUT2D eigenvalue weighted by atomic mass is 16.7. The van der Waals surface area contributed by atoms with Crippen LogP contribution in [0, 0.1) is 0 Å². The Kier molecular flexibility index (Phi) is 4.37. The molecule has 2 aromatic rings. The summed E-state index contributed by atoms with van der Waals surface area (Å²) in [5.41, 5.74) is 3.37. The van der Waals surface area contributed by atoms with Crippen molar-refractivity contribution in [1.29, 1.82) is 0 Å². The maximum atomic E-state index is 11.0. The predicted molar refractivity (Wildman–Crippen MR) is 105 cm³/mol. The number of piperidine rings is 1. The van der Waals surface area contributed by atoms with Crippen LogP contribution in [0.5, 0.6) is 5.75 Å². The van der Waals surface area contributed by atoms with Crippen molar-refractivity contribution in [3.63, 3.8) is 0 Å². The lowest BCUT2D eigenvalue weighted by molar-refractivity contribution is -0.231. The molecule has 2 heterocycles. The molecule has 1 saturated heterocycles. The molecule has 2 aliphatic heterocycles. The van der Waals surface area contributed by atoms with Crippen molar-refractivity contribution < 1.29 is 19.4 Å². The second kappa shape index (κ2) is 6.90. The van der Waals surface area contributed by atoms with Crippen LogP contribution in [0.15, 0.2) is 42.5 Å². The van der Waals surface area contributed by atoms with E-state index in [1.165, 1.54) is 19.3 Å². The van der Waals surface area contributed by atoms with E-state index in [4.69, 9.17) is 14.6 Å². The highest BCUT2D eigenvalue weighted by molar-refractivity contribution is 5.88. The van der Waals surface area contributed by atoms with Crippen molar-refractivity contribution in [2.24, 2.45) is 0 Å². The summed E-state index contributed by atoms with van der Waals surface area (Å²) in [4.78, 5) is 13.6. The molecule has 1 N–H and O–H groups in total. The number of carboxylic acids is 1. The number of ether oxygens (including phenoxy) is 2. The maximum Gasteiger partial charge on any atom is 0.335 e. The first-order valence-corrected chi connectivity index (χ1v) is 10.2. The summed E-state index contributed by atoms with van der Waals surface area (Å²) in [5.74, 6) is -0.473. The summed E-state index contributed by atoms with van der Waals surface area (Å²) in [6.07, 6.45) is 5.89. The first-order chi connectivity index (χ1) is 13.6. The number of carboxylic acid groups (broad SMARTS) is 1. The summed E-state index contributed by atoms with van der Waals surface area (Å²) in [6.45, 7) is 2.65. The van der Waals surface area contributed by atoms with Crippen molar-refractivity contribution in [1.82, 2.24) is 4.90 Å². The second-order valence-electron chi connectivity index (χ2n) is 8.13. The zero-order chi connectivity index (χ0) is 19.1. The van der Waals surface area contributed by atoms with E-state index in [1.807, 2.05) is 24.3 Å². The zero-order valence-corrected chi connectivity index (χ0v) is 15.9. The Labute approximate surface area is 164 Å². The van der Waals surface area contributed by atoms with Gasteiger partial charge < -0.3 is 14.6 Å². The molecule has 1 spiro atoms. The maximum absolute atomic E-state index is 11.0. The van der Waals surface area contributed by atoms with Gasteiger partial charge in [-0.1, -0.05) is 24.6 Å². The quantitative estimate of drug-likeness (QED) is 0.861. The molecule has 5 rings (SSSR count). The molecule has 146 valence electrons. The standard InChI is InChI=1S/C23H25NO4/c25-22(26)17-6-4-16(5-7-17)18-8-9-21-19(14-18)15-27-23(28-21)10-12-24(13-11-23)20-2-1-3-20/h4-9,14,20H,1-3,10-13,15H2,(H,25,26). The van der Waals surface area contributed by atoms with Gasteiger partial charge in [-0.25, -0.2) is 4.79 Å². The molecule has 1 aliphatic carbocycles. The second-order valence-corrected chi connectivity index (χ2v) is 8.13. The summed E-state index contributed by atoms with van der Waals surface area (Å²) in [6, 6.07) is 13.9. The number of rotatable bonds is 3. The molecular weight excluding hydrogens is 354 g/mol. The molecule has 0 amide bonds. The predicted octanol–water partition coefficient (Wildman–Crippen LogP) is 4.31. The van der Waals surface area contributed by atoms with Crippen LogP contribution in [0.25, 0.3) is 11.1 Å². The Bertz CT molecular complexity index is 880. The number of hydrogen-bond donors (Lipinski definition) is 1. The van der Waals surface area contributed by atoms with Gasteiger partial charge in [-0.3, -0.25) is 4.90 Å². The van der Waals surface area contributed by atoms with Crippen LogP contribution < -0.4 is 4.74 Å². The van der Waals surface area contributed by atoms with Crippen LogP contribution in [0.1, 0.15) is 48.0 Å². The van der Waals surface area contributed by atoms with Crippen LogP contribution in [0.2, 0.25) is 0 Å². The fourth-order valence-electron chi connectivity index (χ4n) is 4.44. The lowest BCUT2D eigenvalue weighted by Crippen LogP contribution is -2.54. The Balaban J connectivity index is 1.30. The van der Waals surface area contributed by atoms with E-state index in [1.54, 1.807) is 12.1 Å². The molecule has 0 unspecified atom stereocenters. The van der Waals surface area contributed by atoms with E-state index in [-0.39, 0.29) is 0 Å². The molecule has 2 aromatic carbocycles. The summed E-state index contributed by atoms with van der Waals surface area (Å²) in [5, 5.41) is 9.05. The first kappa shape index (κ1) is 17.7. The Morgan fingerprint density at radius 3 is 2.39 bits per heavy atom. The van der Waals surface area contributed by atoms with Crippen LogP contribution in [0.4, 0.5) is 0 Å². The highest BCUT2D eigenvalue weighted by Gasteiger charge is 2.42. The molecule has 0 bridgehead atoms. The normalized spacial score (nSPS) is 21.6. The molecule has 5 nitrogen and oxygen atoms in total. The smallest absolute Gasteiger partial charge is 0.335 e. The van der Waals surface area contributed by atoms with E-state index < -0.39 is 11.8 Å². The average Bonchev–Trinajstić information content (AvgIpc) is 2.68. The number of hydrogen-bond acceptors (Lipinski definition) is 4. The Hall–Kier alpha value is -2.37. The number of fused-ring (bicyclic) bond motifs is 1. The van der Waals surface area contributed by atoms with Gasteiger partial charge in [-0.15, -0.1) is 0 Å². The van der Waals surface area contributed by atoms with E-state index in [0.717, 1.165) is 54.4 Å². The van der Waals surface area contributed by atoms with Gasteiger partial charge in [0.05, 0.1) is 12.2 Å². The van der Waals surface area contributed by atoms with E-state index >= 15 is 0 Å². The molecule has 28 heavy (non-hydrogen) atoms. The van der Waals surface area contributed by atoms with Crippen molar-refractivity contribution >= 4 is 5.97 Å². The summed E-state index contributed by atoms with van der Waals surface area (Å²) >= 11 is 0. The van der Waals surface area contributed by atoms with Crippen molar-refractivity contribution in [3.05, 3.63) is 53.6 Å². The van der Waals surface area contributed by atoms with Crippen LogP contribution in [0.3, 0.4) is 0 Å². The van der Waals surface area contributed by atoms with E-state index in [0.29, 0.717) is 12.2 Å². The summed E-state index contributed by atoms with van der Waals surface area (Å²) < 4.78 is 12.6. The third-order valence-electron chi connectivity index (χ3n) is 6.46. The molecule has 0 aromatic heterocycles. The number of aromatic carboxylic acids is 1. The minimum absolute atomic E-state index is 0.295. The van der Waals surface area contributed by atoms with Crippen molar-refractivity contribution in [2.45, 2.75) is 50.5 Å². The lowest BCUT2D eigenvalue weighted by Gasteiger charge is -2.47. The largest absolute Gasteiger partial charge is 0.478 e. The monoisotopic (exact) mass is 379 g/mol. The third kappa shape index (κ3) is 3.19. The van der Waals surface area contributed by atoms with Crippen molar-refractivity contribution in [2.75, 3.05) is 13.1 Å². The Morgan fingerprint density at radius 1 is 1.04 bits per heavy atom. The van der Waals surface area contributed by atoms with Gasteiger partial charge in [0.2, 0.25) is 5.79 Å². The SMILES string of the molecule is O=C(O)c1ccc(-c2ccc3c(c2)COC2(CCN(C4CCC4)CC2)O3)cc1. The molecule has 5 heteroatoms. The minimum atomic E-state index is -0.910. The molecule has 1 saturated carbocycles. The highest BCUT2D eigenvalue weighted by Crippen LogP contribution is 2.40. The van der Waals surface area contributed by atoms with E-state index in [2.05, 4.69) is 11.0 Å². The Morgan fingerprint density at radius 2 is 1.75 bits per heavy atom. The topological polar surface area (TPSA) is 59.0 Å². The first-order valence-electron chi connectivity index (χ1n) is 10.2. The zero-order valence-electron chi connectivity index (χ0n) is 15.9. The van der Waals surface area contributed by atoms with E-state index in [9.17, 15) is 4.79 Å². The van der Waals surface area contributed by atoms with Crippen LogP contribution >= 0.6 is 0 Å². The third-order valence-corrected chi connectivity index (χ3v) is 6.46. The van der Waals surface area contributed by atoms with Gasteiger partial charge >= 0.3 is 5.97 Å². The molecular formula is C23H25NO4. The summed E-state index contributed by atoms with van der Waals surface area (Å²) in [7, 11) is 0. The van der Waals surface area contributed by atoms with Gasteiger partial charge in [-0.05, 0) is 48.2 Å². The fraction of sp³-hybridized carbons (Fsp3) is 0.435. The fourth-order valence-corrected chi connectivity index (χ4v) is 4.44. The van der Waals surface area contributed by atoms with Gasteiger partial charge in [0.1, 0.15) is 5.75 Å². The minimum Gasteiger partial charge on any atom is -0.478 e. The number of nitrogens with zero attached hydrogens (tertiary/aromatic N) is 1. The van der Waals surface area contributed by atoms with Crippen molar-refractivity contribution in [3.8, 4) is 16.9 Å². The van der Waals surface area contributed by atoms with Gasteiger partial charge in [0.15, 0.2) is 0 Å². The van der Waals surface area contributed by atoms with Crippen LogP contribution in [-0.4, -0.2) is 40.9 Å². The van der Waals surface area contributed by atoms with Crippen LogP contribution in [-0.2, 0) is 11.3 Å². The molecule has 3 aliphatic rings. The number of carbonyl (C=O) groups is 1. The molecule has 2 fully saturated rings. The molecule has 0 atom stereocenters. The van der Waals surface area contributed by atoms with Gasteiger partial charge in [0, 0.05) is 37.5 Å². The van der Waals surface area contributed by atoms with Gasteiger partial charge in [-0.2, -0.15) is 0 Å².